The first-order valence-corrected chi connectivity index (χ1v) is 6.77. The molecular formula is C10H14N4S2. The molecule has 0 aromatic carbocycles. The van der Waals surface area contributed by atoms with E-state index < -0.39 is 0 Å². The first kappa shape index (κ1) is 11.5. The molecule has 2 aromatic heterocycles. The molecule has 0 saturated heterocycles. The third kappa shape index (κ3) is 2.76. The Bertz CT molecular complexity index is 461. The summed E-state index contributed by atoms with van der Waals surface area (Å²) in [7, 11) is 0. The highest BCUT2D eigenvalue weighted by Gasteiger charge is 2.06. The van der Waals surface area contributed by atoms with Crippen molar-refractivity contribution in [2.45, 2.75) is 33.2 Å². The highest BCUT2D eigenvalue weighted by atomic mass is 32.1. The van der Waals surface area contributed by atoms with Gasteiger partial charge in [-0.15, -0.1) is 21.5 Å². The van der Waals surface area contributed by atoms with E-state index in [2.05, 4.69) is 34.3 Å². The zero-order valence-electron chi connectivity index (χ0n) is 9.52. The fraction of sp³-hybridized carbons (Fsp3) is 0.500. The molecule has 0 radical (unpaired) electrons. The maximum atomic E-state index is 4.37. The van der Waals surface area contributed by atoms with Crippen LogP contribution in [-0.4, -0.2) is 15.2 Å². The smallest absolute Gasteiger partial charge is 0.206 e. The lowest BCUT2D eigenvalue weighted by Gasteiger charge is -1.98. The van der Waals surface area contributed by atoms with E-state index in [1.807, 2.05) is 13.1 Å². The van der Waals surface area contributed by atoms with E-state index in [0.717, 1.165) is 21.7 Å². The summed E-state index contributed by atoms with van der Waals surface area (Å²) in [5.41, 5.74) is 0. The van der Waals surface area contributed by atoms with Crippen LogP contribution in [0.25, 0.3) is 0 Å². The average molecular weight is 254 g/mol. The Morgan fingerprint density at radius 3 is 2.69 bits per heavy atom. The van der Waals surface area contributed by atoms with Crippen molar-refractivity contribution in [3.63, 3.8) is 0 Å². The Labute approximate surface area is 103 Å². The molecule has 2 rings (SSSR count). The lowest BCUT2D eigenvalue weighted by atomic mass is 10.2. The zero-order valence-corrected chi connectivity index (χ0v) is 11.2. The second-order valence-corrected chi connectivity index (χ2v) is 6.12. The summed E-state index contributed by atoms with van der Waals surface area (Å²) in [5.74, 6) is 0.551. The molecule has 0 aliphatic carbocycles. The minimum absolute atomic E-state index is 0.551. The van der Waals surface area contributed by atoms with E-state index in [1.165, 1.54) is 4.88 Å². The van der Waals surface area contributed by atoms with Crippen LogP contribution < -0.4 is 5.32 Å². The van der Waals surface area contributed by atoms with Gasteiger partial charge in [0.15, 0.2) is 0 Å². The number of hydrogen-bond acceptors (Lipinski definition) is 6. The van der Waals surface area contributed by atoms with Crippen LogP contribution in [0.15, 0.2) is 6.20 Å². The molecule has 0 aliphatic heterocycles. The lowest BCUT2D eigenvalue weighted by Crippen LogP contribution is -1.97. The van der Waals surface area contributed by atoms with E-state index in [9.17, 15) is 0 Å². The van der Waals surface area contributed by atoms with E-state index in [-0.39, 0.29) is 0 Å². The molecule has 0 bridgehead atoms. The number of aromatic nitrogens is 3. The second-order valence-electron chi connectivity index (χ2n) is 3.79. The SMILES string of the molecule is Cc1nnc(NCc2ncc(C(C)C)s2)s1. The normalized spacial score (nSPS) is 11.0. The molecule has 0 aliphatic rings. The Hall–Kier alpha value is -1.01. The summed E-state index contributed by atoms with van der Waals surface area (Å²) in [6, 6.07) is 0. The predicted molar refractivity (Wildman–Crippen MR) is 68.2 cm³/mol. The van der Waals surface area contributed by atoms with Gasteiger partial charge < -0.3 is 5.32 Å². The molecule has 0 amide bonds. The average Bonchev–Trinajstić information content (AvgIpc) is 2.83. The number of rotatable bonds is 4. The number of anilines is 1. The van der Waals surface area contributed by atoms with Crippen LogP contribution in [0.2, 0.25) is 0 Å². The fourth-order valence-corrected chi connectivity index (χ4v) is 2.64. The number of aryl methyl sites for hydroxylation is 1. The van der Waals surface area contributed by atoms with Crippen LogP contribution in [-0.2, 0) is 6.54 Å². The van der Waals surface area contributed by atoms with E-state index in [4.69, 9.17) is 0 Å². The monoisotopic (exact) mass is 254 g/mol. The summed E-state index contributed by atoms with van der Waals surface area (Å²) in [6.45, 7) is 7.03. The maximum Gasteiger partial charge on any atom is 0.206 e. The van der Waals surface area contributed by atoms with Gasteiger partial charge in [0.25, 0.3) is 0 Å². The van der Waals surface area contributed by atoms with Gasteiger partial charge >= 0.3 is 0 Å². The predicted octanol–water partition coefficient (Wildman–Crippen LogP) is 3.04. The van der Waals surface area contributed by atoms with Crippen LogP contribution >= 0.6 is 22.7 Å². The fourth-order valence-electron chi connectivity index (χ4n) is 1.19. The maximum absolute atomic E-state index is 4.37. The highest BCUT2D eigenvalue weighted by Crippen LogP contribution is 2.22. The Balaban J connectivity index is 1.94. The van der Waals surface area contributed by atoms with Crippen LogP contribution in [0.4, 0.5) is 5.13 Å². The van der Waals surface area contributed by atoms with Gasteiger partial charge in [-0.3, -0.25) is 0 Å². The third-order valence-corrected chi connectivity index (χ3v) is 4.15. The molecule has 1 N–H and O–H groups in total. The molecule has 0 unspecified atom stereocenters. The Kier molecular flexibility index (Phi) is 3.50. The summed E-state index contributed by atoms with van der Waals surface area (Å²) in [4.78, 5) is 5.70. The van der Waals surface area contributed by atoms with Crippen molar-refractivity contribution in [3.8, 4) is 0 Å². The molecule has 86 valence electrons. The number of nitrogens with zero attached hydrogens (tertiary/aromatic N) is 3. The molecule has 2 aromatic rings. The van der Waals surface area contributed by atoms with Crippen LogP contribution in [0.3, 0.4) is 0 Å². The zero-order chi connectivity index (χ0) is 11.5. The van der Waals surface area contributed by atoms with E-state index >= 15 is 0 Å². The number of thiazole rings is 1. The van der Waals surface area contributed by atoms with Gasteiger partial charge in [-0.25, -0.2) is 4.98 Å². The van der Waals surface area contributed by atoms with Crippen molar-refractivity contribution in [2.75, 3.05) is 5.32 Å². The van der Waals surface area contributed by atoms with Gasteiger partial charge in [0, 0.05) is 11.1 Å². The molecular weight excluding hydrogens is 240 g/mol. The van der Waals surface area contributed by atoms with Gasteiger partial charge in [0.2, 0.25) is 5.13 Å². The van der Waals surface area contributed by atoms with Gasteiger partial charge in [0.05, 0.1) is 6.54 Å². The second kappa shape index (κ2) is 4.88. The molecule has 2 heterocycles. The number of hydrogen-bond donors (Lipinski definition) is 1. The van der Waals surface area contributed by atoms with Crippen molar-refractivity contribution in [1.29, 1.82) is 0 Å². The molecule has 4 nitrogen and oxygen atoms in total. The van der Waals surface area contributed by atoms with Crippen molar-refractivity contribution in [3.05, 3.63) is 21.1 Å². The minimum atomic E-state index is 0.551. The topological polar surface area (TPSA) is 50.7 Å². The molecule has 0 atom stereocenters. The first-order chi connectivity index (χ1) is 7.65. The van der Waals surface area contributed by atoms with Gasteiger partial charge in [-0.05, 0) is 12.8 Å². The summed E-state index contributed by atoms with van der Waals surface area (Å²) < 4.78 is 0. The molecule has 6 heteroatoms. The number of nitrogens with one attached hydrogen (secondary N) is 1. The molecule has 0 spiro atoms. The van der Waals surface area contributed by atoms with Crippen molar-refractivity contribution >= 4 is 27.8 Å². The molecule has 0 saturated carbocycles. The molecule has 16 heavy (non-hydrogen) atoms. The van der Waals surface area contributed by atoms with Gasteiger partial charge in [0.1, 0.15) is 10.0 Å². The van der Waals surface area contributed by atoms with Crippen molar-refractivity contribution < 1.29 is 0 Å². The van der Waals surface area contributed by atoms with Gasteiger partial charge in [-0.1, -0.05) is 25.2 Å². The van der Waals surface area contributed by atoms with E-state index in [0.29, 0.717) is 5.92 Å². The summed E-state index contributed by atoms with van der Waals surface area (Å²) >= 11 is 3.31. The van der Waals surface area contributed by atoms with Crippen LogP contribution in [0, 0.1) is 6.92 Å². The quantitative estimate of drug-likeness (QED) is 0.911. The standard InChI is InChI=1S/C10H14N4S2/c1-6(2)8-4-11-9(16-8)5-12-10-14-13-7(3)15-10/h4,6H,5H2,1-3H3,(H,12,14). The Morgan fingerprint density at radius 1 is 1.31 bits per heavy atom. The highest BCUT2D eigenvalue weighted by molar-refractivity contribution is 7.15. The van der Waals surface area contributed by atoms with Gasteiger partial charge in [-0.2, -0.15) is 0 Å². The van der Waals surface area contributed by atoms with Crippen LogP contribution in [0.1, 0.15) is 34.7 Å². The largest absolute Gasteiger partial charge is 0.354 e. The Morgan fingerprint density at radius 2 is 2.12 bits per heavy atom. The first-order valence-electron chi connectivity index (χ1n) is 5.13. The van der Waals surface area contributed by atoms with Crippen molar-refractivity contribution in [2.24, 2.45) is 0 Å². The molecule has 0 fully saturated rings. The van der Waals surface area contributed by atoms with Crippen LogP contribution in [0.5, 0.6) is 0 Å². The van der Waals surface area contributed by atoms with E-state index in [1.54, 1.807) is 22.7 Å². The van der Waals surface area contributed by atoms with Crippen molar-refractivity contribution in [1.82, 2.24) is 15.2 Å². The lowest BCUT2D eigenvalue weighted by molar-refractivity contribution is 0.885. The summed E-state index contributed by atoms with van der Waals surface area (Å²) in [6.07, 6.45) is 1.96. The third-order valence-electron chi connectivity index (χ3n) is 2.06. The minimum Gasteiger partial charge on any atom is -0.354 e. The summed E-state index contributed by atoms with van der Waals surface area (Å²) in [5, 5.41) is 14.1.